The molecule has 1 N–H and O–H groups in total. The molecule has 2 fully saturated rings. The molecule has 4 rings (SSSR count). The fraction of sp³-hybridized carbons (Fsp3) is 0.412. The Morgan fingerprint density at radius 2 is 2.08 bits per heavy atom. The van der Waals surface area contributed by atoms with E-state index in [0.29, 0.717) is 18.7 Å². The summed E-state index contributed by atoms with van der Waals surface area (Å²) in [5.41, 5.74) is 0.918. The average Bonchev–Trinajstić information content (AvgIpc) is 2.92. The van der Waals surface area contributed by atoms with Crippen LogP contribution >= 0.6 is 11.8 Å². The molecule has 0 spiro atoms. The molecule has 4 heterocycles. The monoisotopic (exact) mass is 359 g/mol. The van der Waals surface area contributed by atoms with E-state index in [1.807, 2.05) is 12.1 Å². The van der Waals surface area contributed by atoms with Crippen LogP contribution in [0.25, 0.3) is 0 Å². The van der Waals surface area contributed by atoms with E-state index in [0.717, 1.165) is 10.5 Å². The molecule has 2 amide bonds. The smallest absolute Gasteiger partial charge is 0.352 e. The first-order valence-corrected chi connectivity index (χ1v) is 9.08. The van der Waals surface area contributed by atoms with Crippen LogP contribution < -0.4 is 0 Å². The number of hydrogen-bond acceptors (Lipinski definition) is 5. The number of likely N-dealkylation sites (tertiary alicyclic amines) is 1. The van der Waals surface area contributed by atoms with Crippen molar-refractivity contribution in [1.82, 2.24) is 14.8 Å². The predicted octanol–water partition coefficient (Wildman–Crippen LogP) is 0.974. The summed E-state index contributed by atoms with van der Waals surface area (Å²) in [5, 5.41) is 9.66. The minimum absolute atomic E-state index is 0.0127. The zero-order chi connectivity index (χ0) is 17.7. The van der Waals surface area contributed by atoms with Crippen molar-refractivity contribution in [1.29, 1.82) is 0 Å². The van der Waals surface area contributed by atoms with Crippen molar-refractivity contribution in [2.45, 2.75) is 30.3 Å². The lowest BCUT2D eigenvalue weighted by Gasteiger charge is -2.53. The van der Waals surface area contributed by atoms with Crippen LogP contribution in [0.1, 0.15) is 13.3 Å². The van der Waals surface area contributed by atoms with Crippen LogP contribution in [0.5, 0.6) is 0 Å². The number of nitrogens with zero attached hydrogens (tertiary/aromatic N) is 3. The van der Waals surface area contributed by atoms with Crippen LogP contribution in [0, 0.1) is 5.92 Å². The lowest BCUT2D eigenvalue weighted by molar-refractivity contribution is -0.168. The number of carbonyl (C=O) groups is 3. The maximum atomic E-state index is 12.5. The van der Waals surface area contributed by atoms with Gasteiger partial charge in [-0.1, -0.05) is 0 Å². The van der Waals surface area contributed by atoms with Crippen LogP contribution in [0.15, 0.2) is 40.7 Å². The van der Waals surface area contributed by atoms with Gasteiger partial charge in [-0.25, -0.2) is 4.79 Å². The second kappa shape index (κ2) is 5.87. The van der Waals surface area contributed by atoms with Crippen molar-refractivity contribution >= 4 is 29.5 Å². The molecule has 130 valence electrons. The quantitative estimate of drug-likeness (QED) is 0.636. The third-order valence-electron chi connectivity index (χ3n) is 5.18. The Morgan fingerprint density at radius 3 is 2.72 bits per heavy atom. The molecular weight excluding hydrogens is 342 g/mol. The van der Waals surface area contributed by atoms with Gasteiger partial charge in [-0.3, -0.25) is 19.5 Å². The number of aromatic nitrogens is 1. The van der Waals surface area contributed by atoms with Gasteiger partial charge in [0.2, 0.25) is 5.91 Å². The van der Waals surface area contributed by atoms with Gasteiger partial charge in [-0.2, -0.15) is 0 Å². The van der Waals surface area contributed by atoms with E-state index in [-0.39, 0.29) is 29.5 Å². The molecule has 0 saturated carbocycles. The van der Waals surface area contributed by atoms with Gasteiger partial charge >= 0.3 is 5.97 Å². The van der Waals surface area contributed by atoms with E-state index in [1.165, 1.54) is 11.8 Å². The van der Waals surface area contributed by atoms with Gasteiger partial charge in [0.25, 0.3) is 5.91 Å². The van der Waals surface area contributed by atoms with Crippen molar-refractivity contribution < 1.29 is 19.5 Å². The number of aliphatic carboxylic acids is 1. The lowest BCUT2D eigenvalue weighted by Crippen LogP contribution is -2.73. The highest BCUT2D eigenvalue weighted by Gasteiger charge is 2.63. The molecule has 3 atom stereocenters. The van der Waals surface area contributed by atoms with Gasteiger partial charge in [0, 0.05) is 42.4 Å². The van der Waals surface area contributed by atoms with Gasteiger partial charge in [-0.15, -0.1) is 11.8 Å². The molecule has 2 saturated heterocycles. The Labute approximate surface area is 148 Å². The predicted molar refractivity (Wildman–Crippen MR) is 89.5 cm³/mol. The summed E-state index contributed by atoms with van der Waals surface area (Å²) in [5.74, 6) is -0.942. The number of piperidine rings is 1. The first-order chi connectivity index (χ1) is 12.0. The largest absolute Gasteiger partial charge is 0.477 e. The third-order valence-corrected chi connectivity index (χ3v) is 6.25. The third kappa shape index (κ3) is 2.35. The zero-order valence-corrected chi connectivity index (χ0v) is 14.4. The van der Waals surface area contributed by atoms with Crippen LogP contribution in [0.2, 0.25) is 0 Å². The maximum Gasteiger partial charge on any atom is 0.352 e. The van der Waals surface area contributed by atoms with Crippen molar-refractivity contribution in [3.8, 4) is 0 Å². The normalized spacial score (nSPS) is 27.2. The minimum atomic E-state index is -1.07. The van der Waals surface area contributed by atoms with E-state index in [1.54, 1.807) is 29.1 Å². The van der Waals surface area contributed by atoms with E-state index in [2.05, 4.69) is 4.98 Å². The molecular formula is C17H17N3O4S. The molecule has 0 bridgehead atoms. The van der Waals surface area contributed by atoms with Gasteiger partial charge in [0.1, 0.15) is 11.7 Å². The molecule has 3 aliphatic rings. The number of carboxylic acids is 1. The van der Waals surface area contributed by atoms with Crippen LogP contribution in [-0.4, -0.2) is 62.1 Å². The fourth-order valence-corrected chi connectivity index (χ4v) is 5.12. The number of β-lactam (4-membered cyclic amide) rings is 1. The molecule has 25 heavy (non-hydrogen) atoms. The van der Waals surface area contributed by atoms with Crippen molar-refractivity contribution in [3.63, 3.8) is 0 Å². The maximum absolute atomic E-state index is 12.5. The van der Waals surface area contributed by atoms with E-state index < -0.39 is 12.0 Å². The van der Waals surface area contributed by atoms with E-state index >= 15 is 0 Å². The number of thioether (sulfide) groups is 1. The number of hydrogen-bond donors (Lipinski definition) is 1. The highest BCUT2D eigenvalue weighted by atomic mass is 32.2. The molecule has 1 aromatic heterocycles. The second-order valence-corrected chi connectivity index (χ2v) is 7.45. The van der Waals surface area contributed by atoms with E-state index in [9.17, 15) is 19.5 Å². The van der Waals surface area contributed by atoms with Crippen LogP contribution in [0.4, 0.5) is 0 Å². The fourth-order valence-electron chi connectivity index (χ4n) is 4.13. The minimum Gasteiger partial charge on any atom is -0.477 e. The first-order valence-electron chi connectivity index (χ1n) is 8.10. The van der Waals surface area contributed by atoms with Crippen molar-refractivity contribution in [3.05, 3.63) is 35.8 Å². The number of carbonyl (C=O) groups excluding carboxylic acids is 2. The summed E-state index contributed by atoms with van der Waals surface area (Å²) in [6.45, 7) is 1.95. The zero-order valence-electron chi connectivity index (χ0n) is 13.6. The summed E-state index contributed by atoms with van der Waals surface area (Å²) >= 11 is 1.54. The summed E-state index contributed by atoms with van der Waals surface area (Å²) in [4.78, 5) is 44.1. The summed E-state index contributed by atoms with van der Waals surface area (Å²) in [6, 6.07) is 3.03. The Morgan fingerprint density at radius 1 is 1.36 bits per heavy atom. The Hall–Kier alpha value is -2.35. The van der Waals surface area contributed by atoms with Crippen molar-refractivity contribution in [2.24, 2.45) is 5.92 Å². The summed E-state index contributed by atoms with van der Waals surface area (Å²) in [6.07, 6.45) is 4.08. The highest BCUT2D eigenvalue weighted by molar-refractivity contribution is 7.99. The van der Waals surface area contributed by atoms with Gasteiger partial charge in [0.15, 0.2) is 0 Å². The number of pyridine rings is 1. The summed E-state index contributed by atoms with van der Waals surface area (Å²) < 4.78 is 0. The molecule has 0 aromatic carbocycles. The molecule has 3 aliphatic heterocycles. The van der Waals surface area contributed by atoms with Crippen LogP contribution in [-0.2, 0) is 14.4 Å². The molecule has 8 heteroatoms. The van der Waals surface area contributed by atoms with Gasteiger partial charge < -0.3 is 10.0 Å². The van der Waals surface area contributed by atoms with Gasteiger partial charge in [0.05, 0.1) is 6.04 Å². The molecule has 7 nitrogen and oxygen atoms in total. The summed E-state index contributed by atoms with van der Waals surface area (Å²) in [7, 11) is 0. The Bertz CT molecular complexity index is 794. The average molecular weight is 359 g/mol. The Balaban J connectivity index is 1.63. The molecule has 1 aromatic rings. The van der Waals surface area contributed by atoms with Crippen LogP contribution in [0.3, 0.4) is 0 Å². The standard InChI is InChI=1S/C17H17N3O4S/c1-9(21)19-7-4-11-12(8-25-10-2-5-18-6-3-10)14(17(23)24)20-13(11)15(19)16(20)22/h2-3,5-6,11,13,15H,4,7-8H2,1H3,(H,23,24)/t11?,13-,15+/m1/s1. The van der Waals surface area contributed by atoms with E-state index in [4.69, 9.17) is 0 Å². The SMILES string of the molecule is CC(=O)N1CCC2C(CSc3ccncc3)=C(C(=O)O)N3C(=O)[C@@H]1[C@@H]23. The second-order valence-electron chi connectivity index (χ2n) is 6.40. The molecule has 0 radical (unpaired) electrons. The topological polar surface area (TPSA) is 90.8 Å². The highest BCUT2D eigenvalue weighted by Crippen LogP contribution is 2.49. The van der Waals surface area contributed by atoms with Gasteiger partial charge in [-0.05, 0) is 24.1 Å². The number of rotatable bonds is 4. The first kappa shape index (κ1) is 16.1. The lowest BCUT2D eigenvalue weighted by atomic mass is 9.78. The van der Waals surface area contributed by atoms with Crippen molar-refractivity contribution in [2.75, 3.05) is 12.3 Å². The molecule has 0 aliphatic carbocycles. The Kier molecular flexibility index (Phi) is 3.79. The molecule has 1 unspecified atom stereocenters. The number of amides is 2. The number of carboxylic acid groups (broad SMARTS) is 1.